The van der Waals surface area contributed by atoms with Crippen molar-refractivity contribution in [2.75, 3.05) is 11.5 Å². The van der Waals surface area contributed by atoms with Gasteiger partial charge in [-0.05, 0) is 49.4 Å². The summed E-state index contributed by atoms with van der Waals surface area (Å²) in [7, 11) is -3.77. The Morgan fingerprint density at radius 1 is 0.739 bits per heavy atom. The lowest BCUT2D eigenvalue weighted by Gasteiger charge is -2.34. The van der Waals surface area contributed by atoms with E-state index in [0.29, 0.717) is 11.9 Å². The van der Waals surface area contributed by atoms with E-state index < -0.39 is 16.6 Å². The zero-order valence-corrected chi connectivity index (χ0v) is 16.1. The predicted molar refractivity (Wildman–Crippen MR) is 96.3 cm³/mol. The van der Waals surface area contributed by atoms with E-state index in [2.05, 4.69) is 46.1 Å². The molecule has 0 unspecified atom stereocenters. The van der Waals surface area contributed by atoms with Gasteiger partial charge in [0.15, 0.2) is 16.6 Å². The summed E-state index contributed by atoms with van der Waals surface area (Å²) in [4.78, 5) is 16.2. The van der Waals surface area contributed by atoms with Crippen molar-refractivity contribution in [3.05, 3.63) is 35.9 Å². The predicted octanol–water partition coefficient (Wildman–Crippen LogP) is 1.72. The Labute approximate surface area is 138 Å². The number of nitrogens with zero attached hydrogens (tertiary/aromatic N) is 4. The molecule has 0 aliphatic heterocycles. The average Bonchev–Trinajstić information content (AvgIpc) is 2.42. The van der Waals surface area contributed by atoms with Gasteiger partial charge in [0.1, 0.15) is 0 Å². The molecule has 23 heavy (non-hydrogen) atoms. The van der Waals surface area contributed by atoms with Crippen LogP contribution in [-0.4, -0.2) is 36.6 Å². The third-order valence-corrected chi connectivity index (χ3v) is 10.2. The molecule has 4 N–H and O–H groups in total. The first kappa shape index (κ1) is 17.5. The van der Waals surface area contributed by atoms with Crippen LogP contribution in [0.3, 0.4) is 0 Å². The first-order chi connectivity index (χ1) is 10.7. The van der Waals surface area contributed by atoms with E-state index in [9.17, 15) is 0 Å². The summed E-state index contributed by atoms with van der Waals surface area (Å²) in [6.45, 7) is 8.88. The minimum absolute atomic E-state index is 0.298. The molecule has 7 nitrogen and oxygen atoms in total. The number of nitrogen functional groups attached to an aromatic ring is 2. The van der Waals surface area contributed by atoms with E-state index in [0.717, 1.165) is 23.2 Å². The average molecular weight is 349 g/mol. The zero-order valence-electron chi connectivity index (χ0n) is 14.1. The van der Waals surface area contributed by atoms with Crippen LogP contribution in [0.4, 0.5) is 11.9 Å². The zero-order chi connectivity index (χ0) is 17.1. The molecule has 0 aliphatic rings. The van der Waals surface area contributed by atoms with Gasteiger partial charge in [-0.2, -0.15) is 0 Å². The monoisotopic (exact) mass is 348 g/mol. The van der Waals surface area contributed by atoms with Crippen molar-refractivity contribution < 1.29 is 4.12 Å². The maximum Gasteiger partial charge on any atom is 0.219 e. The van der Waals surface area contributed by atoms with Gasteiger partial charge >= 0.3 is 0 Å². The standard InChI is InChI=1S/C14H24N6OSi2/c1-22(2,9-11-5-17-13(15)18-6-11)21-23(3,4)10-12-7-19-14(16)20-8-12/h5-8H,9-10H2,1-4H3,(H2,15,17,18)(H2,16,19,20). The Bertz CT molecular complexity index is 588. The molecule has 0 atom stereocenters. The largest absolute Gasteiger partial charge is 0.455 e. The number of anilines is 2. The summed E-state index contributed by atoms with van der Waals surface area (Å²) in [6.07, 6.45) is 7.12. The third kappa shape index (κ3) is 5.69. The van der Waals surface area contributed by atoms with Gasteiger partial charge in [-0.1, -0.05) is 0 Å². The second-order valence-electron chi connectivity index (χ2n) is 6.87. The molecule has 0 radical (unpaired) electrons. The quantitative estimate of drug-likeness (QED) is 0.764. The smallest absolute Gasteiger partial charge is 0.219 e. The van der Waals surface area contributed by atoms with E-state index >= 15 is 0 Å². The Kier molecular flexibility index (Phi) is 5.12. The Hall–Kier alpha value is -1.85. The van der Waals surface area contributed by atoms with Crippen molar-refractivity contribution >= 4 is 28.5 Å². The molecular formula is C14H24N6OSi2. The van der Waals surface area contributed by atoms with Crippen LogP contribution < -0.4 is 11.5 Å². The summed E-state index contributed by atoms with van der Waals surface area (Å²) >= 11 is 0. The fraction of sp³-hybridized carbons (Fsp3) is 0.429. The van der Waals surface area contributed by atoms with Crippen molar-refractivity contribution in [2.24, 2.45) is 0 Å². The minimum atomic E-state index is -1.89. The van der Waals surface area contributed by atoms with Gasteiger partial charge in [0.25, 0.3) is 0 Å². The van der Waals surface area contributed by atoms with Gasteiger partial charge in [0.2, 0.25) is 11.9 Å². The van der Waals surface area contributed by atoms with Gasteiger partial charge in [0, 0.05) is 24.8 Å². The molecule has 0 fully saturated rings. The summed E-state index contributed by atoms with van der Waals surface area (Å²) in [5, 5.41) is 0. The van der Waals surface area contributed by atoms with Gasteiger partial charge in [-0.25, -0.2) is 19.9 Å². The molecule has 124 valence electrons. The van der Waals surface area contributed by atoms with Crippen LogP contribution in [0.1, 0.15) is 11.1 Å². The lowest BCUT2D eigenvalue weighted by Crippen LogP contribution is -2.47. The van der Waals surface area contributed by atoms with Crippen molar-refractivity contribution in [1.29, 1.82) is 0 Å². The van der Waals surface area contributed by atoms with Crippen LogP contribution >= 0.6 is 0 Å². The maximum atomic E-state index is 6.60. The molecule has 0 bridgehead atoms. The molecule has 0 aromatic carbocycles. The Morgan fingerprint density at radius 3 is 1.35 bits per heavy atom. The molecule has 0 saturated carbocycles. The Morgan fingerprint density at radius 2 is 1.04 bits per heavy atom. The van der Waals surface area contributed by atoms with E-state index in [1.165, 1.54) is 0 Å². The van der Waals surface area contributed by atoms with Crippen molar-refractivity contribution in [3.8, 4) is 0 Å². The molecule has 2 aromatic rings. The molecule has 0 aliphatic carbocycles. The summed E-state index contributed by atoms with van der Waals surface area (Å²) in [6, 6.07) is 1.73. The van der Waals surface area contributed by atoms with Crippen LogP contribution in [0.25, 0.3) is 0 Å². The molecule has 9 heteroatoms. The van der Waals surface area contributed by atoms with Crippen LogP contribution in [0.2, 0.25) is 26.2 Å². The van der Waals surface area contributed by atoms with Crippen LogP contribution in [-0.2, 0) is 16.2 Å². The summed E-state index contributed by atoms with van der Waals surface area (Å²) < 4.78 is 6.60. The van der Waals surface area contributed by atoms with Gasteiger partial charge < -0.3 is 15.6 Å². The topological polar surface area (TPSA) is 113 Å². The van der Waals surface area contributed by atoms with Crippen LogP contribution in [0.15, 0.2) is 24.8 Å². The van der Waals surface area contributed by atoms with Crippen molar-refractivity contribution in [2.45, 2.75) is 38.3 Å². The fourth-order valence-electron chi connectivity index (χ4n) is 2.72. The molecule has 2 heterocycles. The van der Waals surface area contributed by atoms with Crippen molar-refractivity contribution in [3.63, 3.8) is 0 Å². The second kappa shape index (κ2) is 6.73. The summed E-state index contributed by atoms with van der Waals surface area (Å²) in [5.74, 6) is 0.597. The SMILES string of the molecule is C[Si](C)(Cc1cnc(N)nc1)O[Si](C)(C)Cc1cnc(N)nc1. The highest BCUT2D eigenvalue weighted by Gasteiger charge is 2.33. The summed E-state index contributed by atoms with van der Waals surface area (Å²) in [5.41, 5.74) is 13.2. The number of rotatable bonds is 6. The minimum Gasteiger partial charge on any atom is -0.455 e. The number of hydrogen-bond acceptors (Lipinski definition) is 7. The molecule has 2 rings (SSSR count). The molecule has 0 saturated heterocycles. The van der Waals surface area contributed by atoms with Crippen LogP contribution in [0.5, 0.6) is 0 Å². The van der Waals surface area contributed by atoms with Crippen LogP contribution in [0, 0.1) is 0 Å². The molecule has 0 spiro atoms. The lowest BCUT2D eigenvalue weighted by atomic mass is 10.4. The second-order valence-corrected chi connectivity index (χ2v) is 15.4. The lowest BCUT2D eigenvalue weighted by molar-refractivity contribution is 0.537. The normalized spacial score (nSPS) is 12.3. The van der Waals surface area contributed by atoms with Gasteiger partial charge in [0.05, 0.1) is 0 Å². The van der Waals surface area contributed by atoms with E-state index in [-0.39, 0.29) is 0 Å². The first-order valence-corrected chi connectivity index (χ1v) is 13.7. The number of aromatic nitrogens is 4. The Balaban J connectivity index is 2.02. The highest BCUT2D eigenvalue weighted by molar-refractivity contribution is 6.84. The highest BCUT2D eigenvalue weighted by atomic mass is 28.4. The third-order valence-electron chi connectivity index (χ3n) is 3.26. The number of nitrogens with two attached hydrogens (primary N) is 2. The van der Waals surface area contributed by atoms with E-state index in [4.69, 9.17) is 15.6 Å². The maximum absolute atomic E-state index is 6.60. The van der Waals surface area contributed by atoms with Gasteiger partial charge in [-0.15, -0.1) is 0 Å². The van der Waals surface area contributed by atoms with Gasteiger partial charge in [-0.3, -0.25) is 0 Å². The fourth-order valence-corrected chi connectivity index (χ4v) is 11.6. The van der Waals surface area contributed by atoms with E-state index in [1.54, 1.807) is 24.8 Å². The van der Waals surface area contributed by atoms with E-state index in [1.807, 2.05) is 0 Å². The molecule has 0 amide bonds. The number of hydrogen-bond donors (Lipinski definition) is 2. The first-order valence-electron chi connectivity index (χ1n) is 7.48. The van der Waals surface area contributed by atoms with Crippen molar-refractivity contribution in [1.82, 2.24) is 19.9 Å². The highest BCUT2D eigenvalue weighted by Crippen LogP contribution is 2.21. The molecule has 2 aromatic heterocycles. The molecular weight excluding hydrogens is 324 g/mol.